The average Bonchev–Trinajstić information content (AvgIpc) is 2.65. The van der Waals surface area contributed by atoms with Crippen molar-refractivity contribution in [1.29, 1.82) is 5.26 Å². The molecule has 0 spiro atoms. The topological polar surface area (TPSA) is 36.7 Å². The van der Waals surface area contributed by atoms with Gasteiger partial charge in [0.1, 0.15) is 0 Å². The van der Waals surface area contributed by atoms with Gasteiger partial charge in [-0.3, -0.25) is 0 Å². The summed E-state index contributed by atoms with van der Waals surface area (Å²) in [5, 5.41) is 8.62. The Kier molecular flexibility index (Phi) is 2.83. The van der Waals surface area contributed by atoms with Crippen LogP contribution in [-0.2, 0) is 0 Å². The van der Waals surface area contributed by atoms with Crippen molar-refractivity contribution in [3.63, 3.8) is 0 Å². The Bertz CT molecular complexity index is 454. The molecule has 0 bridgehead atoms. The fraction of sp³-hybridized carbons (Fsp3) is 0. The summed E-state index contributed by atoms with van der Waals surface area (Å²) in [7, 11) is 0. The van der Waals surface area contributed by atoms with Crippen molar-refractivity contribution in [2.75, 3.05) is 0 Å². The molecule has 0 aromatic carbocycles. The Morgan fingerprint density at radius 2 is 2.21 bits per heavy atom. The van der Waals surface area contributed by atoms with Gasteiger partial charge in [-0.1, -0.05) is 0 Å². The summed E-state index contributed by atoms with van der Waals surface area (Å²) in [6.45, 7) is 0. The van der Waals surface area contributed by atoms with Crippen LogP contribution < -0.4 is 0 Å². The quantitative estimate of drug-likeness (QED) is 0.740. The predicted octanol–water partition coefficient (Wildman–Crippen LogP) is 1.71. The second-order valence-corrected chi connectivity index (χ2v) is 7.94. The molecule has 0 saturated heterocycles. The molecule has 14 heavy (non-hydrogen) atoms. The fourth-order valence-electron chi connectivity index (χ4n) is 1.14. The fourth-order valence-corrected chi connectivity index (χ4v) is 4.20. The number of rotatable bonds is 1. The van der Waals surface area contributed by atoms with Crippen molar-refractivity contribution in [3.8, 4) is 6.07 Å². The van der Waals surface area contributed by atoms with E-state index in [4.69, 9.17) is 5.26 Å². The number of allylic oxidation sites excluding steroid dienone is 2. The molecule has 0 fully saturated rings. The molecule has 1 aromatic heterocycles. The number of pyridine rings is 1. The van der Waals surface area contributed by atoms with E-state index in [9.17, 15) is 0 Å². The molecule has 0 N–H and O–H groups in total. The van der Waals surface area contributed by atoms with Crippen LogP contribution in [0.4, 0.5) is 0 Å². The second-order valence-electron chi connectivity index (χ2n) is 2.76. The zero-order valence-corrected chi connectivity index (χ0v) is 10.8. The molecule has 70 valence electrons. The van der Waals surface area contributed by atoms with Crippen LogP contribution in [0, 0.1) is 11.3 Å². The third kappa shape index (κ3) is 1.96. The van der Waals surface area contributed by atoms with Gasteiger partial charge in [-0.2, -0.15) is 0 Å². The van der Waals surface area contributed by atoms with Crippen molar-refractivity contribution in [3.05, 3.63) is 45.1 Å². The van der Waals surface area contributed by atoms with E-state index in [1.807, 2.05) is 12.1 Å². The van der Waals surface area contributed by atoms with Gasteiger partial charge in [0.2, 0.25) is 0 Å². The molecule has 2 nitrogen and oxygen atoms in total. The van der Waals surface area contributed by atoms with Crippen LogP contribution in [-0.4, -0.2) is 19.9 Å². The predicted molar refractivity (Wildman–Crippen MR) is 62.5 cm³/mol. The molecule has 0 unspecified atom stereocenters. The average molecular weight is 314 g/mol. The molecule has 0 amide bonds. The van der Waals surface area contributed by atoms with Crippen LogP contribution in [0.5, 0.6) is 0 Å². The van der Waals surface area contributed by atoms with E-state index in [0.29, 0.717) is 5.56 Å². The zero-order valence-electron chi connectivity index (χ0n) is 7.16. The Morgan fingerprint density at radius 3 is 2.71 bits per heavy atom. The molecule has 1 aliphatic heterocycles. The molecule has 0 saturated carbocycles. The Labute approximate surface area is 96.6 Å². The number of halogens is 1. The van der Waals surface area contributed by atoms with Gasteiger partial charge >= 0.3 is 96.8 Å². The maximum atomic E-state index is 8.62. The summed E-state index contributed by atoms with van der Waals surface area (Å²) >= 11 is 3.27. The number of hydrogen-bond acceptors (Lipinski definition) is 2. The van der Waals surface area contributed by atoms with Gasteiger partial charge in [-0.05, 0) is 0 Å². The van der Waals surface area contributed by atoms with Gasteiger partial charge in [-0.25, -0.2) is 0 Å². The Balaban J connectivity index is 2.24. The molecule has 0 atom stereocenters. The van der Waals surface area contributed by atoms with E-state index in [1.54, 1.807) is 6.20 Å². The summed E-state index contributed by atoms with van der Waals surface area (Å²) in [6.07, 6.45) is 5.79. The second kappa shape index (κ2) is 4.10. The van der Waals surface area contributed by atoms with Crippen molar-refractivity contribution in [2.45, 2.75) is 0 Å². The Morgan fingerprint density at radius 1 is 1.36 bits per heavy atom. The molecule has 2 rings (SSSR count). The number of nitriles is 1. The minimum absolute atomic E-state index is 0.219. The van der Waals surface area contributed by atoms with Crippen molar-refractivity contribution >= 4 is 35.4 Å². The summed E-state index contributed by atoms with van der Waals surface area (Å²) < 4.78 is 2.60. The van der Waals surface area contributed by atoms with E-state index in [0.717, 1.165) is 5.69 Å². The molecule has 2 heterocycles. The first-order chi connectivity index (χ1) is 6.79. The molecule has 0 aliphatic carbocycles. The number of hydrogen-bond donors (Lipinski definition) is 0. The third-order valence-electron chi connectivity index (χ3n) is 1.82. The van der Waals surface area contributed by atoms with Crippen molar-refractivity contribution < 1.29 is 0 Å². The summed E-state index contributed by atoms with van der Waals surface area (Å²) in [5.41, 5.74) is 1.61. The first-order valence-electron chi connectivity index (χ1n) is 4.00. The SMILES string of the molecule is N#Cc1ccc(C2=CC=C(Br)[SeH2]2)nc1. The van der Waals surface area contributed by atoms with Gasteiger partial charge in [-0.15, -0.1) is 0 Å². The minimum atomic E-state index is -0.219. The normalized spacial score (nSPS) is 17.4. The monoisotopic (exact) mass is 314 g/mol. The van der Waals surface area contributed by atoms with Gasteiger partial charge in [0.15, 0.2) is 0 Å². The van der Waals surface area contributed by atoms with Crippen molar-refractivity contribution in [2.24, 2.45) is 0 Å². The maximum absolute atomic E-state index is 8.62. The van der Waals surface area contributed by atoms with E-state index in [-0.39, 0.29) is 15.0 Å². The summed E-state index contributed by atoms with van der Waals surface area (Å²) in [5.74, 6) is 0. The van der Waals surface area contributed by atoms with Gasteiger partial charge < -0.3 is 0 Å². The Hall–Kier alpha value is -0.881. The first-order valence-corrected chi connectivity index (χ1v) is 6.90. The molecule has 1 aliphatic rings. The number of aromatic nitrogens is 1. The van der Waals surface area contributed by atoms with Crippen LogP contribution in [0.15, 0.2) is 33.9 Å². The van der Waals surface area contributed by atoms with E-state index in [1.165, 1.54) is 7.85 Å². The summed E-state index contributed by atoms with van der Waals surface area (Å²) in [6, 6.07) is 5.78. The molecule has 4 heteroatoms. The van der Waals surface area contributed by atoms with Crippen LogP contribution in [0.1, 0.15) is 11.3 Å². The first kappa shape index (κ1) is 9.67. The van der Waals surface area contributed by atoms with Crippen molar-refractivity contribution in [1.82, 2.24) is 4.98 Å². The molecular weight excluding hydrogens is 307 g/mol. The summed E-state index contributed by atoms with van der Waals surface area (Å²) in [4.78, 5) is 4.25. The van der Waals surface area contributed by atoms with Gasteiger partial charge in [0.05, 0.1) is 0 Å². The van der Waals surface area contributed by atoms with E-state index < -0.39 is 0 Å². The molecular formula is C10H7BrN2Se. The van der Waals surface area contributed by atoms with Crippen LogP contribution in [0.2, 0.25) is 0 Å². The van der Waals surface area contributed by atoms with Crippen LogP contribution in [0.25, 0.3) is 4.47 Å². The number of nitrogens with zero attached hydrogens (tertiary/aromatic N) is 2. The molecule has 0 radical (unpaired) electrons. The zero-order chi connectivity index (χ0) is 9.97. The van der Waals surface area contributed by atoms with E-state index >= 15 is 0 Å². The van der Waals surface area contributed by atoms with Crippen LogP contribution in [0.3, 0.4) is 0 Å². The van der Waals surface area contributed by atoms with Crippen LogP contribution >= 0.6 is 15.9 Å². The third-order valence-corrected chi connectivity index (χ3v) is 5.42. The van der Waals surface area contributed by atoms with Gasteiger partial charge in [0.25, 0.3) is 0 Å². The van der Waals surface area contributed by atoms with E-state index in [2.05, 4.69) is 39.1 Å². The van der Waals surface area contributed by atoms with Gasteiger partial charge in [0, 0.05) is 0 Å². The standard InChI is InChI=1S/C10H7BrN2Se/c11-10-4-3-9(14-10)8-2-1-7(5-12)6-13-8/h1-4,6H,14H2. The molecule has 1 aromatic rings.